The summed E-state index contributed by atoms with van der Waals surface area (Å²) in [5.41, 5.74) is 0. The largest absolute Gasteiger partial charge is 0.462 e. The van der Waals surface area contributed by atoms with Gasteiger partial charge in [0.1, 0.15) is 6.61 Å². The van der Waals surface area contributed by atoms with E-state index >= 15 is 0 Å². The van der Waals surface area contributed by atoms with Gasteiger partial charge in [-0.2, -0.15) is 0 Å². The molecule has 0 aromatic carbocycles. The van der Waals surface area contributed by atoms with Gasteiger partial charge in [-0.15, -0.1) is 0 Å². The van der Waals surface area contributed by atoms with Gasteiger partial charge in [-0.3, -0.25) is 9.59 Å². The molecular weight excluding hydrogens is 789 g/mol. The predicted molar refractivity (Wildman–Crippen MR) is 279 cm³/mol. The number of hydrogen-bond acceptors (Lipinski definition) is 5. The van der Waals surface area contributed by atoms with Gasteiger partial charge in [0, 0.05) is 19.4 Å². The van der Waals surface area contributed by atoms with E-state index in [4.69, 9.17) is 14.2 Å². The molecule has 0 aromatic heterocycles. The van der Waals surface area contributed by atoms with Gasteiger partial charge in [0.25, 0.3) is 0 Å². The van der Waals surface area contributed by atoms with Crippen molar-refractivity contribution in [3.63, 3.8) is 0 Å². The van der Waals surface area contributed by atoms with Crippen LogP contribution in [-0.2, 0) is 23.8 Å². The zero-order valence-electron chi connectivity index (χ0n) is 43.3. The summed E-state index contributed by atoms with van der Waals surface area (Å²) in [6.45, 7) is 7.83. The lowest BCUT2D eigenvalue weighted by Crippen LogP contribution is -2.30. The monoisotopic (exact) mass is 899 g/mol. The first-order chi connectivity index (χ1) is 31.6. The smallest absolute Gasteiger partial charge is 0.306 e. The number of carbonyl (C=O) groups excluding carboxylic acids is 2. The van der Waals surface area contributed by atoms with Crippen LogP contribution in [0.25, 0.3) is 0 Å². The van der Waals surface area contributed by atoms with Crippen molar-refractivity contribution in [1.82, 2.24) is 0 Å². The molecule has 64 heavy (non-hydrogen) atoms. The van der Waals surface area contributed by atoms with Crippen LogP contribution in [0.5, 0.6) is 0 Å². The number of ether oxygens (including phenoxy) is 3. The molecule has 1 unspecified atom stereocenters. The summed E-state index contributed by atoms with van der Waals surface area (Å²) < 4.78 is 17.5. The van der Waals surface area contributed by atoms with Crippen molar-refractivity contribution in [2.75, 3.05) is 19.8 Å². The van der Waals surface area contributed by atoms with Crippen molar-refractivity contribution in [3.8, 4) is 0 Å². The summed E-state index contributed by atoms with van der Waals surface area (Å²) in [6, 6.07) is 0. The van der Waals surface area contributed by atoms with Crippen molar-refractivity contribution >= 4 is 11.9 Å². The van der Waals surface area contributed by atoms with Crippen LogP contribution in [0.1, 0.15) is 303 Å². The van der Waals surface area contributed by atoms with Crippen molar-refractivity contribution in [2.24, 2.45) is 0 Å². The Labute approximate surface area is 400 Å². The minimum Gasteiger partial charge on any atom is -0.462 e. The maximum atomic E-state index is 12.8. The summed E-state index contributed by atoms with van der Waals surface area (Å²) in [7, 11) is 0. The molecule has 0 aliphatic carbocycles. The number of rotatable bonds is 53. The maximum absolute atomic E-state index is 12.8. The molecule has 0 rings (SSSR count). The Kier molecular flexibility index (Phi) is 53.8. The molecular formula is C59H110O5. The molecule has 0 bridgehead atoms. The Balaban J connectivity index is 4.23. The Morgan fingerprint density at radius 3 is 0.969 bits per heavy atom. The van der Waals surface area contributed by atoms with Gasteiger partial charge in [-0.1, -0.05) is 231 Å². The standard InChI is InChI=1S/C59H110O5/c1-4-7-10-13-16-19-22-25-27-29-30-31-32-35-37-40-43-46-49-52-58(60)63-56-57(64-59(61)53-50-47-44-41-38-34-24-21-18-15-12-9-6-3)55-62-54-51-48-45-42-39-36-33-28-26-23-20-17-14-11-8-5-2/h21,24-28,57H,4-20,22-23,29-56H2,1-3H3/b24-21-,27-25-,28-26-. The second kappa shape index (κ2) is 55.4. The zero-order valence-corrected chi connectivity index (χ0v) is 43.3. The van der Waals surface area contributed by atoms with Crippen LogP contribution < -0.4 is 0 Å². The molecule has 376 valence electrons. The molecule has 5 nitrogen and oxygen atoms in total. The summed E-state index contributed by atoms with van der Waals surface area (Å²) in [5.74, 6) is -0.398. The van der Waals surface area contributed by atoms with Crippen LogP contribution >= 0.6 is 0 Å². The van der Waals surface area contributed by atoms with Crippen molar-refractivity contribution in [3.05, 3.63) is 36.5 Å². The lowest BCUT2D eigenvalue weighted by atomic mass is 10.1. The summed E-state index contributed by atoms with van der Waals surface area (Å²) >= 11 is 0. The topological polar surface area (TPSA) is 61.8 Å². The number of hydrogen-bond donors (Lipinski definition) is 0. The normalized spacial score (nSPS) is 12.4. The highest BCUT2D eigenvalue weighted by Crippen LogP contribution is 2.15. The van der Waals surface area contributed by atoms with E-state index in [-0.39, 0.29) is 25.2 Å². The highest BCUT2D eigenvalue weighted by molar-refractivity contribution is 5.70. The van der Waals surface area contributed by atoms with E-state index in [1.165, 1.54) is 218 Å². The molecule has 0 amide bonds. The molecule has 0 saturated heterocycles. The van der Waals surface area contributed by atoms with Crippen LogP contribution in [0.2, 0.25) is 0 Å². The van der Waals surface area contributed by atoms with Crippen LogP contribution in [0.3, 0.4) is 0 Å². The second-order valence-corrected chi connectivity index (χ2v) is 19.2. The molecule has 0 fully saturated rings. The Hall–Kier alpha value is -1.88. The van der Waals surface area contributed by atoms with Crippen molar-refractivity contribution < 1.29 is 23.8 Å². The number of esters is 2. The van der Waals surface area contributed by atoms with Gasteiger partial charge >= 0.3 is 11.9 Å². The quantitative estimate of drug-likeness (QED) is 0.0346. The summed E-state index contributed by atoms with van der Waals surface area (Å²) in [6.07, 6.45) is 67.3. The molecule has 0 spiro atoms. The SMILES string of the molecule is CCCCCC/C=C\CCCCCCCC(=O)OC(COCCCCCCCC/C=C\CCCCCCCC)COC(=O)CCCCCCCCCCC/C=C\CCCCCCCC. The lowest BCUT2D eigenvalue weighted by Gasteiger charge is -2.18. The highest BCUT2D eigenvalue weighted by Gasteiger charge is 2.17. The predicted octanol–water partition coefficient (Wildman–Crippen LogP) is 19.4. The third-order valence-electron chi connectivity index (χ3n) is 12.6. The van der Waals surface area contributed by atoms with Crippen LogP contribution in [0.15, 0.2) is 36.5 Å². The summed E-state index contributed by atoms with van der Waals surface area (Å²) in [5, 5.41) is 0. The molecule has 0 radical (unpaired) electrons. The molecule has 0 N–H and O–H groups in total. The van der Waals surface area contributed by atoms with Gasteiger partial charge in [0.05, 0.1) is 6.61 Å². The van der Waals surface area contributed by atoms with E-state index in [2.05, 4.69) is 57.2 Å². The fourth-order valence-electron chi connectivity index (χ4n) is 8.32. The number of carbonyl (C=O) groups is 2. The molecule has 0 aliphatic heterocycles. The Morgan fingerprint density at radius 1 is 0.328 bits per heavy atom. The number of allylic oxidation sites excluding steroid dienone is 6. The minimum atomic E-state index is -0.541. The van der Waals surface area contributed by atoms with Crippen LogP contribution in [0.4, 0.5) is 0 Å². The first kappa shape index (κ1) is 62.1. The molecule has 0 aromatic rings. The van der Waals surface area contributed by atoms with E-state index in [0.717, 1.165) is 51.4 Å². The number of unbranched alkanes of at least 4 members (excludes halogenated alkanes) is 36. The average Bonchev–Trinajstić information content (AvgIpc) is 3.30. The van der Waals surface area contributed by atoms with Gasteiger partial charge < -0.3 is 14.2 Å². The third-order valence-corrected chi connectivity index (χ3v) is 12.6. The molecule has 0 saturated carbocycles. The van der Waals surface area contributed by atoms with E-state index in [0.29, 0.717) is 19.4 Å². The van der Waals surface area contributed by atoms with Gasteiger partial charge in [-0.05, 0) is 96.3 Å². The first-order valence-electron chi connectivity index (χ1n) is 28.5. The lowest BCUT2D eigenvalue weighted by molar-refractivity contribution is -0.163. The van der Waals surface area contributed by atoms with E-state index < -0.39 is 6.10 Å². The van der Waals surface area contributed by atoms with E-state index in [1.807, 2.05) is 0 Å². The average molecular weight is 900 g/mol. The van der Waals surface area contributed by atoms with Crippen LogP contribution in [-0.4, -0.2) is 37.9 Å². The van der Waals surface area contributed by atoms with Crippen LogP contribution in [0, 0.1) is 0 Å². The van der Waals surface area contributed by atoms with Gasteiger partial charge in [0.2, 0.25) is 0 Å². The van der Waals surface area contributed by atoms with E-state index in [1.54, 1.807) is 0 Å². The Morgan fingerprint density at radius 2 is 0.609 bits per heavy atom. The zero-order chi connectivity index (χ0) is 46.3. The molecule has 1 atom stereocenters. The van der Waals surface area contributed by atoms with E-state index in [9.17, 15) is 9.59 Å². The first-order valence-corrected chi connectivity index (χ1v) is 28.5. The minimum absolute atomic E-state index is 0.0824. The van der Waals surface area contributed by atoms with Crippen molar-refractivity contribution in [1.29, 1.82) is 0 Å². The Bertz CT molecular complexity index is 1020. The van der Waals surface area contributed by atoms with Crippen molar-refractivity contribution in [2.45, 2.75) is 309 Å². The fraction of sp³-hybridized carbons (Fsp3) is 0.864. The van der Waals surface area contributed by atoms with Gasteiger partial charge in [0.15, 0.2) is 6.10 Å². The molecule has 0 heterocycles. The maximum Gasteiger partial charge on any atom is 0.306 e. The molecule has 0 aliphatic rings. The highest BCUT2D eigenvalue weighted by atomic mass is 16.6. The fourth-order valence-corrected chi connectivity index (χ4v) is 8.32. The van der Waals surface area contributed by atoms with Gasteiger partial charge in [-0.25, -0.2) is 0 Å². The molecule has 5 heteroatoms. The second-order valence-electron chi connectivity index (χ2n) is 19.2. The third kappa shape index (κ3) is 52.7. The summed E-state index contributed by atoms with van der Waals surface area (Å²) in [4.78, 5) is 25.5.